The predicted molar refractivity (Wildman–Crippen MR) is 94.5 cm³/mol. The largest absolute Gasteiger partial charge is 0.494 e. The molecule has 1 heterocycles. The molecule has 0 radical (unpaired) electrons. The van der Waals surface area contributed by atoms with Gasteiger partial charge < -0.3 is 15.4 Å². The van der Waals surface area contributed by atoms with E-state index < -0.39 is 0 Å². The first-order valence-corrected chi connectivity index (χ1v) is 8.34. The second-order valence-corrected chi connectivity index (χ2v) is 6.41. The van der Waals surface area contributed by atoms with Crippen LogP contribution in [0.5, 0.6) is 5.75 Å². The van der Waals surface area contributed by atoms with Crippen molar-refractivity contribution in [3.8, 4) is 5.75 Å². The Labute approximate surface area is 146 Å². The van der Waals surface area contributed by atoms with Crippen molar-refractivity contribution in [2.75, 3.05) is 26.2 Å². The van der Waals surface area contributed by atoms with Gasteiger partial charge >= 0.3 is 0 Å². The molecule has 0 aliphatic carbocycles. The molecule has 1 saturated heterocycles. The van der Waals surface area contributed by atoms with Gasteiger partial charge in [-0.05, 0) is 56.0 Å². The molecule has 1 fully saturated rings. The van der Waals surface area contributed by atoms with Crippen LogP contribution in [0.1, 0.15) is 25.7 Å². The normalized spacial score (nSPS) is 17.2. The summed E-state index contributed by atoms with van der Waals surface area (Å²) >= 11 is 3.39. The summed E-state index contributed by atoms with van der Waals surface area (Å²) in [7, 11) is 0. The van der Waals surface area contributed by atoms with Gasteiger partial charge in [-0.3, -0.25) is 4.79 Å². The SMILES string of the molecule is Cl.NCC1CCN(C(=O)CCCCOc2ccc(Br)cc2)C1. The second-order valence-electron chi connectivity index (χ2n) is 5.49. The number of hydrogen-bond acceptors (Lipinski definition) is 3. The van der Waals surface area contributed by atoms with Gasteiger partial charge in [-0.1, -0.05) is 15.9 Å². The van der Waals surface area contributed by atoms with E-state index in [1.54, 1.807) is 0 Å². The van der Waals surface area contributed by atoms with E-state index in [2.05, 4.69) is 15.9 Å². The second kappa shape index (κ2) is 10.1. The number of nitrogens with zero attached hydrogens (tertiary/aromatic N) is 1. The predicted octanol–water partition coefficient (Wildman–Crippen LogP) is 3.23. The molecule has 0 saturated carbocycles. The van der Waals surface area contributed by atoms with Crippen LogP contribution >= 0.6 is 28.3 Å². The summed E-state index contributed by atoms with van der Waals surface area (Å²) in [6.45, 7) is 3.05. The first-order valence-electron chi connectivity index (χ1n) is 7.55. The molecule has 0 bridgehead atoms. The third-order valence-corrected chi connectivity index (χ3v) is 4.37. The smallest absolute Gasteiger partial charge is 0.222 e. The first-order chi connectivity index (χ1) is 10.2. The number of halogens is 2. The average molecular weight is 392 g/mol. The highest BCUT2D eigenvalue weighted by Gasteiger charge is 2.24. The highest BCUT2D eigenvalue weighted by atomic mass is 79.9. The Morgan fingerprint density at radius 3 is 2.68 bits per heavy atom. The number of carbonyl (C=O) groups is 1. The zero-order valence-corrected chi connectivity index (χ0v) is 15.1. The molecular weight excluding hydrogens is 368 g/mol. The van der Waals surface area contributed by atoms with Crippen molar-refractivity contribution >= 4 is 34.2 Å². The van der Waals surface area contributed by atoms with Crippen molar-refractivity contribution in [1.82, 2.24) is 4.90 Å². The van der Waals surface area contributed by atoms with E-state index >= 15 is 0 Å². The average Bonchev–Trinajstić information content (AvgIpc) is 2.98. The van der Waals surface area contributed by atoms with Gasteiger partial charge in [0.15, 0.2) is 0 Å². The highest BCUT2D eigenvalue weighted by molar-refractivity contribution is 9.10. The van der Waals surface area contributed by atoms with E-state index in [9.17, 15) is 4.79 Å². The fraction of sp³-hybridized carbons (Fsp3) is 0.562. The Morgan fingerprint density at radius 2 is 2.05 bits per heavy atom. The summed E-state index contributed by atoms with van der Waals surface area (Å²) in [5.41, 5.74) is 5.64. The van der Waals surface area contributed by atoms with Crippen LogP contribution in [0.2, 0.25) is 0 Å². The van der Waals surface area contributed by atoms with Gasteiger partial charge in [0, 0.05) is 24.0 Å². The van der Waals surface area contributed by atoms with Crippen LogP contribution in [-0.2, 0) is 4.79 Å². The van der Waals surface area contributed by atoms with E-state index in [1.807, 2.05) is 29.2 Å². The molecular formula is C16H24BrClN2O2. The van der Waals surface area contributed by atoms with Gasteiger partial charge in [-0.15, -0.1) is 12.4 Å². The van der Waals surface area contributed by atoms with Crippen LogP contribution in [0.15, 0.2) is 28.7 Å². The lowest BCUT2D eigenvalue weighted by atomic mass is 10.1. The summed E-state index contributed by atoms with van der Waals surface area (Å²) in [6, 6.07) is 7.79. The number of benzene rings is 1. The van der Waals surface area contributed by atoms with E-state index in [0.717, 1.165) is 42.6 Å². The maximum atomic E-state index is 12.0. The topological polar surface area (TPSA) is 55.6 Å². The lowest BCUT2D eigenvalue weighted by molar-refractivity contribution is -0.130. The third-order valence-electron chi connectivity index (χ3n) is 3.84. The van der Waals surface area contributed by atoms with Gasteiger partial charge in [0.25, 0.3) is 0 Å². The lowest BCUT2D eigenvalue weighted by Crippen LogP contribution is -2.29. The minimum Gasteiger partial charge on any atom is -0.494 e. The molecule has 1 aliphatic heterocycles. The Morgan fingerprint density at radius 1 is 1.32 bits per heavy atom. The molecule has 4 nitrogen and oxygen atoms in total. The molecule has 22 heavy (non-hydrogen) atoms. The number of likely N-dealkylation sites (tertiary alicyclic amines) is 1. The number of unbranched alkanes of at least 4 members (excludes halogenated alkanes) is 1. The molecule has 0 spiro atoms. The van der Waals surface area contributed by atoms with Crippen LogP contribution in [0.3, 0.4) is 0 Å². The van der Waals surface area contributed by atoms with Crippen molar-refractivity contribution in [1.29, 1.82) is 0 Å². The van der Waals surface area contributed by atoms with E-state index in [4.69, 9.17) is 10.5 Å². The van der Waals surface area contributed by atoms with Gasteiger partial charge in [0.05, 0.1) is 6.61 Å². The number of rotatable bonds is 7. The summed E-state index contributed by atoms with van der Waals surface area (Å²) in [5, 5.41) is 0. The first kappa shape index (κ1) is 19.3. The zero-order valence-electron chi connectivity index (χ0n) is 12.7. The number of nitrogens with two attached hydrogens (primary N) is 1. The van der Waals surface area contributed by atoms with Crippen LogP contribution in [-0.4, -0.2) is 37.0 Å². The van der Waals surface area contributed by atoms with Gasteiger partial charge in [0.1, 0.15) is 5.75 Å². The van der Waals surface area contributed by atoms with Crippen molar-refractivity contribution < 1.29 is 9.53 Å². The molecule has 2 rings (SSSR count). The molecule has 124 valence electrons. The minimum absolute atomic E-state index is 0. The third kappa shape index (κ3) is 6.15. The molecule has 1 aromatic carbocycles. The van der Waals surface area contributed by atoms with Crippen LogP contribution in [0.25, 0.3) is 0 Å². The van der Waals surface area contributed by atoms with Crippen molar-refractivity contribution in [2.24, 2.45) is 11.7 Å². The van der Waals surface area contributed by atoms with Gasteiger partial charge in [-0.25, -0.2) is 0 Å². The standard InChI is InChI=1S/C16H23BrN2O2.ClH/c17-14-4-6-15(7-5-14)21-10-2-1-3-16(20)19-9-8-13(11-18)12-19;/h4-7,13H,1-3,8-12,18H2;1H. The summed E-state index contributed by atoms with van der Waals surface area (Å²) < 4.78 is 6.68. The molecule has 1 aliphatic rings. The maximum absolute atomic E-state index is 12.0. The molecule has 2 N–H and O–H groups in total. The molecule has 1 aromatic rings. The fourth-order valence-electron chi connectivity index (χ4n) is 2.51. The Bertz CT molecular complexity index is 456. The lowest BCUT2D eigenvalue weighted by Gasteiger charge is -2.16. The summed E-state index contributed by atoms with van der Waals surface area (Å²) in [5.74, 6) is 1.62. The Hall–Kier alpha value is -0.780. The number of amides is 1. The van der Waals surface area contributed by atoms with Crippen molar-refractivity contribution in [3.05, 3.63) is 28.7 Å². The number of carbonyl (C=O) groups excluding carboxylic acids is 1. The Kier molecular flexibility index (Phi) is 8.83. The van der Waals surface area contributed by atoms with Gasteiger partial charge in [0.2, 0.25) is 5.91 Å². The number of ether oxygens (including phenoxy) is 1. The summed E-state index contributed by atoms with van der Waals surface area (Å²) in [6.07, 6.45) is 3.44. The number of hydrogen-bond donors (Lipinski definition) is 1. The van der Waals surface area contributed by atoms with Crippen LogP contribution in [0, 0.1) is 5.92 Å². The Balaban J connectivity index is 0.00000242. The molecule has 0 aromatic heterocycles. The fourth-order valence-corrected chi connectivity index (χ4v) is 2.77. The van der Waals surface area contributed by atoms with E-state index in [-0.39, 0.29) is 18.3 Å². The van der Waals surface area contributed by atoms with Crippen molar-refractivity contribution in [2.45, 2.75) is 25.7 Å². The molecule has 1 atom stereocenters. The van der Waals surface area contributed by atoms with Gasteiger partial charge in [-0.2, -0.15) is 0 Å². The quantitative estimate of drug-likeness (QED) is 0.726. The van der Waals surface area contributed by atoms with E-state index in [0.29, 0.717) is 25.5 Å². The maximum Gasteiger partial charge on any atom is 0.222 e. The van der Waals surface area contributed by atoms with Crippen LogP contribution in [0.4, 0.5) is 0 Å². The molecule has 1 unspecified atom stereocenters. The summed E-state index contributed by atoms with van der Waals surface area (Å²) in [4.78, 5) is 14.0. The molecule has 1 amide bonds. The monoisotopic (exact) mass is 390 g/mol. The van der Waals surface area contributed by atoms with E-state index in [1.165, 1.54) is 0 Å². The van der Waals surface area contributed by atoms with Crippen molar-refractivity contribution in [3.63, 3.8) is 0 Å². The minimum atomic E-state index is 0. The zero-order chi connectivity index (χ0) is 15.1. The highest BCUT2D eigenvalue weighted by Crippen LogP contribution is 2.18. The van der Waals surface area contributed by atoms with Crippen LogP contribution < -0.4 is 10.5 Å². The molecule has 6 heteroatoms.